The summed E-state index contributed by atoms with van der Waals surface area (Å²) >= 11 is 12.3. The third kappa shape index (κ3) is 4.29. The van der Waals surface area contributed by atoms with Crippen LogP contribution in [-0.4, -0.2) is 42.9 Å². The van der Waals surface area contributed by atoms with Crippen LogP contribution in [0.25, 0.3) is 0 Å². The van der Waals surface area contributed by atoms with Gasteiger partial charge in [-0.25, -0.2) is 4.79 Å². The quantitative estimate of drug-likeness (QED) is 0.780. The molecule has 1 aliphatic rings. The number of nitrogens with zero attached hydrogens (tertiary/aromatic N) is 2. The van der Waals surface area contributed by atoms with Gasteiger partial charge in [0.15, 0.2) is 5.78 Å². The Hall–Kier alpha value is -2.24. The van der Waals surface area contributed by atoms with Gasteiger partial charge >= 0.3 is 6.03 Å². The number of urea groups is 1. The van der Waals surface area contributed by atoms with E-state index < -0.39 is 0 Å². The summed E-state index contributed by atoms with van der Waals surface area (Å²) in [5.74, 6) is -0.00123. The zero-order valence-electron chi connectivity index (χ0n) is 14.3. The molecule has 3 rings (SSSR count). The smallest absolute Gasteiger partial charge is 0.321 e. The lowest BCUT2D eigenvalue weighted by atomic mass is 10.1. The van der Waals surface area contributed by atoms with Crippen LogP contribution < -0.4 is 10.2 Å². The summed E-state index contributed by atoms with van der Waals surface area (Å²) in [4.78, 5) is 27.6. The molecule has 0 unspecified atom stereocenters. The zero-order chi connectivity index (χ0) is 18.7. The monoisotopic (exact) mass is 391 g/mol. The van der Waals surface area contributed by atoms with Gasteiger partial charge in [-0.05, 0) is 49.4 Å². The number of benzene rings is 2. The fourth-order valence-electron chi connectivity index (χ4n) is 2.87. The number of hydrogen-bond acceptors (Lipinski definition) is 3. The molecular weight excluding hydrogens is 373 g/mol. The van der Waals surface area contributed by atoms with Crippen LogP contribution in [0.2, 0.25) is 10.0 Å². The van der Waals surface area contributed by atoms with Crippen LogP contribution in [0, 0.1) is 0 Å². The Morgan fingerprint density at radius 1 is 0.962 bits per heavy atom. The molecule has 1 fully saturated rings. The average molecular weight is 392 g/mol. The van der Waals surface area contributed by atoms with Crippen molar-refractivity contribution in [2.24, 2.45) is 0 Å². The van der Waals surface area contributed by atoms with E-state index >= 15 is 0 Å². The molecule has 2 aromatic carbocycles. The first-order valence-corrected chi connectivity index (χ1v) is 9.06. The highest BCUT2D eigenvalue weighted by atomic mass is 35.5. The number of anilines is 2. The van der Waals surface area contributed by atoms with Gasteiger partial charge in [0, 0.05) is 42.5 Å². The number of piperazine rings is 1. The number of halogens is 2. The largest absolute Gasteiger partial charge is 0.367 e. The minimum Gasteiger partial charge on any atom is -0.367 e. The number of nitrogens with one attached hydrogen (secondary N) is 1. The lowest BCUT2D eigenvalue weighted by molar-refractivity contribution is 0.101. The second kappa shape index (κ2) is 7.98. The number of ketones is 1. The number of amides is 2. The summed E-state index contributed by atoms with van der Waals surface area (Å²) < 4.78 is 0. The van der Waals surface area contributed by atoms with Crippen LogP contribution in [-0.2, 0) is 0 Å². The Morgan fingerprint density at radius 3 is 2.23 bits per heavy atom. The van der Waals surface area contributed by atoms with E-state index in [-0.39, 0.29) is 11.8 Å². The SMILES string of the molecule is CC(=O)c1ccc(NC(=O)N2CCN(c3cc(Cl)ccc3Cl)CC2)cc1. The third-order valence-electron chi connectivity index (χ3n) is 4.36. The number of rotatable bonds is 3. The zero-order valence-corrected chi connectivity index (χ0v) is 15.8. The standard InChI is InChI=1S/C19H19Cl2N3O2/c1-13(25)14-2-5-16(6-3-14)22-19(26)24-10-8-23(9-11-24)18-12-15(20)4-7-17(18)21/h2-7,12H,8-11H2,1H3,(H,22,26). The summed E-state index contributed by atoms with van der Waals surface area (Å²) in [7, 11) is 0. The molecule has 26 heavy (non-hydrogen) atoms. The summed E-state index contributed by atoms with van der Waals surface area (Å²) in [6.07, 6.45) is 0. The van der Waals surface area contributed by atoms with Crippen molar-refractivity contribution in [3.8, 4) is 0 Å². The summed E-state index contributed by atoms with van der Waals surface area (Å²) in [5, 5.41) is 4.15. The minimum atomic E-state index is -0.155. The number of Topliss-reactive ketones (excluding diaryl/α,β-unsaturated/α-hetero) is 1. The molecule has 0 atom stereocenters. The Morgan fingerprint density at radius 2 is 1.62 bits per heavy atom. The number of hydrogen-bond donors (Lipinski definition) is 1. The highest BCUT2D eigenvalue weighted by Gasteiger charge is 2.22. The van der Waals surface area contributed by atoms with Crippen LogP contribution in [0.1, 0.15) is 17.3 Å². The summed E-state index contributed by atoms with van der Waals surface area (Å²) in [5.41, 5.74) is 2.18. The molecule has 1 N–H and O–H groups in total. The Labute approximate surface area is 162 Å². The van der Waals surface area contributed by atoms with E-state index in [0.717, 1.165) is 5.69 Å². The highest BCUT2D eigenvalue weighted by molar-refractivity contribution is 6.35. The molecule has 1 heterocycles. The van der Waals surface area contributed by atoms with Gasteiger partial charge < -0.3 is 15.1 Å². The van der Waals surface area contributed by atoms with Crippen LogP contribution in [0.5, 0.6) is 0 Å². The molecule has 1 aliphatic heterocycles. The van der Waals surface area contributed by atoms with Crippen LogP contribution in [0.4, 0.5) is 16.2 Å². The molecule has 0 spiro atoms. The van der Waals surface area contributed by atoms with E-state index in [2.05, 4.69) is 10.2 Å². The van der Waals surface area contributed by atoms with Crippen molar-refractivity contribution in [1.82, 2.24) is 4.90 Å². The molecule has 2 aromatic rings. The lowest BCUT2D eigenvalue weighted by Crippen LogP contribution is -2.50. The van der Waals surface area contributed by atoms with Crippen molar-refractivity contribution < 1.29 is 9.59 Å². The third-order valence-corrected chi connectivity index (χ3v) is 4.91. The predicted octanol–water partition coefficient (Wildman–Crippen LogP) is 4.55. The maximum absolute atomic E-state index is 12.4. The van der Waals surface area contributed by atoms with Gasteiger partial charge in [-0.1, -0.05) is 23.2 Å². The fourth-order valence-corrected chi connectivity index (χ4v) is 3.27. The molecular formula is C19H19Cl2N3O2. The van der Waals surface area contributed by atoms with Gasteiger partial charge in [-0.15, -0.1) is 0 Å². The lowest BCUT2D eigenvalue weighted by Gasteiger charge is -2.36. The van der Waals surface area contributed by atoms with Gasteiger partial charge in [0.2, 0.25) is 0 Å². The van der Waals surface area contributed by atoms with Crippen molar-refractivity contribution in [3.05, 3.63) is 58.1 Å². The highest BCUT2D eigenvalue weighted by Crippen LogP contribution is 2.29. The molecule has 1 saturated heterocycles. The molecule has 136 valence electrons. The molecule has 0 radical (unpaired) electrons. The molecule has 7 heteroatoms. The van der Waals surface area contributed by atoms with E-state index in [9.17, 15) is 9.59 Å². The topological polar surface area (TPSA) is 52.7 Å². The second-order valence-corrected chi connectivity index (χ2v) is 6.98. The van der Waals surface area contributed by atoms with Crippen LogP contribution in [0.3, 0.4) is 0 Å². The van der Waals surface area contributed by atoms with Crippen molar-refractivity contribution in [2.45, 2.75) is 6.92 Å². The normalized spacial score (nSPS) is 14.3. The first-order valence-electron chi connectivity index (χ1n) is 8.31. The van der Waals surface area contributed by atoms with Crippen molar-refractivity contribution in [1.29, 1.82) is 0 Å². The molecule has 2 amide bonds. The maximum atomic E-state index is 12.4. The van der Waals surface area contributed by atoms with E-state index in [1.165, 1.54) is 6.92 Å². The van der Waals surface area contributed by atoms with E-state index in [4.69, 9.17) is 23.2 Å². The van der Waals surface area contributed by atoms with E-state index in [1.54, 1.807) is 41.3 Å². The average Bonchev–Trinajstić information content (AvgIpc) is 2.64. The predicted molar refractivity (Wildman–Crippen MR) is 106 cm³/mol. The molecule has 0 bridgehead atoms. The van der Waals surface area contributed by atoms with Crippen molar-refractivity contribution in [3.63, 3.8) is 0 Å². The first-order chi connectivity index (χ1) is 12.4. The Bertz CT molecular complexity index is 816. The minimum absolute atomic E-state index is 0.00123. The number of carbonyl (C=O) groups excluding carboxylic acids is 2. The fraction of sp³-hybridized carbons (Fsp3) is 0.263. The Balaban J connectivity index is 1.58. The van der Waals surface area contributed by atoms with Gasteiger partial charge in [-0.2, -0.15) is 0 Å². The van der Waals surface area contributed by atoms with Gasteiger partial charge in [0.05, 0.1) is 10.7 Å². The van der Waals surface area contributed by atoms with Gasteiger partial charge in [0.25, 0.3) is 0 Å². The first kappa shape index (κ1) is 18.5. The van der Waals surface area contributed by atoms with E-state index in [1.807, 2.05) is 6.07 Å². The van der Waals surface area contributed by atoms with Crippen LogP contribution in [0.15, 0.2) is 42.5 Å². The molecule has 5 nitrogen and oxygen atoms in total. The second-order valence-electron chi connectivity index (χ2n) is 6.13. The summed E-state index contributed by atoms with van der Waals surface area (Å²) in [6, 6.07) is 12.1. The molecule has 0 aliphatic carbocycles. The number of carbonyl (C=O) groups is 2. The van der Waals surface area contributed by atoms with Gasteiger partial charge in [0.1, 0.15) is 0 Å². The Kier molecular flexibility index (Phi) is 5.69. The van der Waals surface area contributed by atoms with Crippen molar-refractivity contribution in [2.75, 3.05) is 36.4 Å². The molecule has 0 saturated carbocycles. The maximum Gasteiger partial charge on any atom is 0.321 e. The molecule has 0 aromatic heterocycles. The van der Waals surface area contributed by atoms with E-state index in [0.29, 0.717) is 47.5 Å². The summed E-state index contributed by atoms with van der Waals surface area (Å²) in [6.45, 7) is 4.03. The van der Waals surface area contributed by atoms with Crippen LogP contribution >= 0.6 is 23.2 Å². The van der Waals surface area contributed by atoms with Crippen molar-refractivity contribution >= 4 is 46.4 Å². The van der Waals surface area contributed by atoms with Gasteiger partial charge in [-0.3, -0.25) is 4.79 Å².